The Labute approximate surface area is 175 Å². The van der Waals surface area contributed by atoms with E-state index in [9.17, 15) is 9.59 Å². The van der Waals surface area contributed by atoms with Gasteiger partial charge in [0.25, 0.3) is 11.8 Å². The second kappa shape index (κ2) is 9.01. The first kappa shape index (κ1) is 20.7. The van der Waals surface area contributed by atoms with E-state index in [0.29, 0.717) is 22.0 Å². The molecule has 0 fully saturated rings. The molecule has 29 heavy (non-hydrogen) atoms. The molecular formula is C23H25N3O2S. The Morgan fingerprint density at radius 3 is 2.34 bits per heavy atom. The molecule has 1 aromatic heterocycles. The van der Waals surface area contributed by atoms with Crippen molar-refractivity contribution in [2.75, 3.05) is 5.32 Å². The van der Waals surface area contributed by atoms with Gasteiger partial charge in [0.15, 0.2) is 0 Å². The van der Waals surface area contributed by atoms with Crippen LogP contribution in [0.5, 0.6) is 0 Å². The van der Waals surface area contributed by atoms with Gasteiger partial charge in [0.2, 0.25) is 0 Å². The lowest BCUT2D eigenvalue weighted by Gasteiger charge is -2.15. The van der Waals surface area contributed by atoms with Gasteiger partial charge >= 0.3 is 0 Å². The van der Waals surface area contributed by atoms with Crippen LogP contribution < -0.4 is 10.6 Å². The molecule has 0 spiro atoms. The highest BCUT2D eigenvalue weighted by molar-refractivity contribution is 7.13. The number of benzene rings is 2. The predicted octanol–water partition coefficient (Wildman–Crippen LogP) is 5.32. The maximum atomic E-state index is 12.7. The van der Waals surface area contributed by atoms with E-state index in [0.717, 1.165) is 16.3 Å². The van der Waals surface area contributed by atoms with Gasteiger partial charge < -0.3 is 10.6 Å². The van der Waals surface area contributed by atoms with Gasteiger partial charge in [-0.1, -0.05) is 44.2 Å². The van der Waals surface area contributed by atoms with Crippen molar-refractivity contribution in [3.05, 3.63) is 81.3 Å². The summed E-state index contributed by atoms with van der Waals surface area (Å²) in [6.45, 7) is 7.92. The molecule has 2 aromatic carbocycles. The van der Waals surface area contributed by atoms with E-state index in [1.54, 1.807) is 12.1 Å². The highest BCUT2D eigenvalue weighted by Crippen LogP contribution is 2.25. The molecule has 6 heteroatoms. The maximum Gasteiger partial charge on any atom is 0.263 e. The number of anilines is 1. The Morgan fingerprint density at radius 1 is 0.966 bits per heavy atom. The van der Waals surface area contributed by atoms with Crippen molar-refractivity contribution in [3.63, 3.8) is 0 Å². The van der Waals surface area contributed by atoms with Crippen LogP contribution >= 0.6 is 11.3 Å². The molecule has 5 nitrogen and oxygen atoms in total. The van der Waals surface area contributed by atoms with Crippen LogP contribution in [0.3, 0.4) is 0 Å². The van der Waals surface area contributed by atoms with Gasteiger partial charge in [-0.3, -0.25) is 9.59 Å². The first-order valence-corrected chi connectivity index (χ1v) is 10.4. The van der Waals surface area contributed by atoms with Crippen LogP contribution in [0.2, 0.25) is 0 Å². The topological polar surface area (TPSA) is 71.1 Å². The van der Waals surface area contributed by atoms with Gasteiger partial charge in [0.05, 0.1) is 16.7 Å². The van der Waals surface area contributed by atoms with Crippen molar-refractivity contribution in [2.45, 2.75) is 39.7 Å². The Morgan fingerprint density at radius 2 is 1.69 bits per heavy atom. The molecule has 0 saturated carbocycles. The summed E-state index contributed by atoms with van der Waals surface area (Å²) in [6, 6.07) is 16.4. The maximum absolute atomic E-state index is 12.7. The predicted molar refractivity (Wildman–Crippen MR) is 118 cm³/mol. The number of rotatable bonds is 6. The summed E-state index contributed by atoms with van der Waals surface area (Å²) in [7, 11) is 0. The van der Waals surface area contributed by atoms with Gasteiger partial charge in [0.1, 0.15) is 4.88 Å². The zero-order chi connectivity index (χ0) is 21.0. The number of aryl methyl sites for hydroxylation is 1. The lowest BCUT2D eigenvalue weighted by molar-refractivity contribution is 0.0942. The molecule has 2 amide bonds. The minimum atomic E-state index is -0.208. The quantitative estimate of drug-likeness (QED) is 0.581. The zero-order valence-electron chi connectivity index (χ0n) is 17.0. The van der Waals surface area contributed by atoms with Crippen LogP contribution in [0.4, 0.5) is 5.69 Å². The summed E-state index contributed by atoms with van der Waals surface area (Å²) in [6.07, 6.45) is 0. The highest BCUT2D eigenvalue weighted by Gasteiger charge is 2.19. The summed E-state index contributed by atoms with van der Waals surface area (Å²) in [5.74, 6) is 0.00152. The Balaban J connectivity index is 1.70. The first-order chi connectivity index (χ1) is 13.8. The van der Waals surface area contributed by atoms with Crippen LogP contribution in [-0.4, -0.2) is 16.8 Å². The first-order valence-electron chi connectivity index (χ1n) is 9.59. The molecule has 150 valence electrons. The Bertz CT molecular complexity index is 1010. The van der Waals surface area contributed by atoms with Crippen molar-refractivity contribution >= 4 is 28.8 Å². The van der Waals surface area contributed by atoms with Crippen LogP contribution in [0.1, 0.15) is 69.0 Å². The molecule has 3 rings (SSSR count). The van der Waals surface area contributed by atoms with Crippen molar-refractivity contribution in [2.24, 2.45) is 0 Å². The second-order valence-electron chi connectivity index (χ2n) is 7.26. The van der Waals surface area contributed by atoms with E-state index in [-0.39, 0.29) is 17.9 Å². The molecule has 1 unspecified atom stereocenters. The van der Waals surface area contributed by atoms with Crippen LogP contribution in [0, 0.1) is 6.92 Å². The fourth-order valence-electron chi connectivity index (χ4n) is 2.90. The van der Waals surface area contributed by atoms with Crippen LogP contribution in [-0.2, 0) is 0 Å². The number of aromatic nitrogens is 1. The summed E-state index contributed by atoms with van der Waals surface area (Å²) >= 11 is 1.44. The lowest BCUT2D eigenvalue weighted by atomic mass is 10.1. The van der Waals surface area contributed by atoms with Gasteiger partial charge in [-0.25, -0.2) is 4.98 Å². The van der Waals surface area contributed by atoms with Gasteiger partial charge in [-0.2, -0.15) is 0 Å². The van der Waals surface area contributed by atoms with Crippen molar-refractivity contribution in [1.82, 2.24) is 10.3 Å². The average Bonchev–Trinajstić information content (AvgIpc) is 3.11. The molecule has 0 bridgehead atoms. The van der Waals surface area contributed by atoms with Crippen molar-refractivity contribution < 1.29 is 9.59 Å². The fraction of sp³-hybridized carbons (Fsp3) is 0.261. The number of thiazole rings is 1. The minimum Gasteiger partial charge on any atom is -0.345 e. The standard InChI is InChI=1S/C23H25N3O2S/c1-14(2)23-25-16(4)20(29-23)22(28)24-15(3)18-11-8-12-19(13-18)26-21(27)17-9-6-5-7-10-17/h5-15H,1-4H3,(H,24,28)(H,26,27). The number of carbonyl (C=O) groups excluding carboxylic acids is 2. The lowest BCUT2D eigenvalue weighted by Crippen LogP contribution is -2.26. The van der Waals surface area contributed by atoms with E-state index in [1.807, 2.05) is 56.3 Å². The zero-order valence-corrected chi connectivity index (χ0v) is 17.8. The van der Waals surface area contributed by atoms with E-state index in [1.165, 1.54) is 11.3 Å². The average molecular weight is 408 g/mol. The van der Waals surface area contributed by atoms with E-state index in [2.05, 4.69) is 29.5 Å². The number of hydrogen-bond acceptors (Lipinski definition) is 4. The molecule has 0 radical (unpaired) electrons. The second-order valence-corrected chi connectivity index (χ2v) is 8.29. The molecular weight excluding hydrogens is 382 g/mol. The molecule has 1 heterocycles. The molecule has 2 N–H and O–H groups in total. The third-order valence-corrected chi connectivity index (χ3v) is 6.00. The normalized spacial score (nSPS) is 11.9. The summed E-state index contributed by atoms with van der Waals surface area (Å²) in [4.78, 5) is 30.2. The number of amides is 2. The van der Waals surface area contributed by atoms with E-state index < -0.39 is 0 Å². The van der Waals surface area contributed by atoms with Gasteiger partial charge in [0, 0.05) is 17.2 Å². The van der Waals surface area contributed by atoms with Crippen molar-refractivity contribution in [1.29, 1.82) is 0 Å². The number of nitrogens with zero attached hydrogens (tertiary/aromatic N) is 1. The van der Waals surface area contributed by atoms with Crippen molar-refractivity contribution in [3.8, 4) is 0 Å². The SMILES string of the molecule is Cc1nc(C(C)C)sc1C(=O)NC(C)c1cccc(NC(=O)c2ccccc2)c1. The Hall–Kier alpha value is -2.99. The smallest absolute Gasteiger partial charge is 0.263 e. The molecule has 0 aliphatic carbocycles. The third kappa shape index (κ3) is 5.09. The number of hydrogen-bond donors (Lipinski definition) is 2. The van der Waals surface area contributed by atoms with Gasteiger partial charge in [-0.05, 0) is 43.7 Å². The van der Waals surface area contributed by atoms with Crippen LogP contribution in [0.25, 0.3) is 0 Å². The van der Waals surface area contributed by atoms with E-state index >= 15 is 0 Å². The molecule has 1 atom stereocenters. The summed E-state index contributed by atoms with van der Waals surface area (Å²) in [5.41, 5.74) is 2.96. The number of nitrogens with one attached hydrogen (secondary N) is 2. The molecule has 0 saturated heterocycles. The minimum absolute atomic E-state index is 0.127. The number of carbonyl (C=O) groups is 2. The van der Waals surface area contributed by atoms with Gasteiger partial charge in [-0.15, -0.1) is 11.3 Å². The summed E-state index contributed by atoms with van der Waals surface area (Å²) in [5, 5.41) is 6.90. The van der Waals surface area contributed by atoms with E-state index in [4.69, 9.17) is 0 Å². The monoisotopic (exact) mass is 407 g/mol. The largest absolute Gasteiger partial charge is 0.345 e. The Kier molecular flexibility index (Phi) is 6.44. The fourth-order valence-corrected chi connectivity index (χ4v) is 3.87. The molecule has 0 aliphatic rings. The summed E-state index contributed by atoms with van der Waals surface area (Å²) < 4.78 is 0. The molecule has 3 aromatic rings. The molecule has 0 aliphatic heterocycles. The van der Waals surface area contributed by atoms with Crippen LogP contribution in [0.15, 0.2) is 54.6 Å². The highest BCUT2D eigenvalue weighted by atomic mass is 32.1. The third-order valence-electron chi connectivity index (χ3n) is 4.54.